The molecule has 0 bridgehead atoms. The monoisotopic (exact) mass is 306 g/mol. The molecule has 92 valence electrons. The summed E-state index contributed by atoms with van der Waals surface area (Å²) in [6.45, 7) is 1.89. The molecule has 4 heteroatoms. The SMILES string of the molecule is Cc1ccc(C(=O)O)c(Oc2cccc(Br)c2)c1. The second-order valence-corrected chi connectivity index (χ2v) is 4.78. The lowest BCUT2D eigenvalue weighted by molar-refractivity contribution is 0.0694. The number of carbonyl (C=O) groups is 1. The van der Waals surface area contributed by atoms with Gasteiger partial charge in [-0.2, -0.15) is 0 Å². The van der Waals surface area contributed by atoms with Crippen molar-refractivity contribution in [3.05, 3.63) is 58.1 Å². The highest BCUT2D eigenvalue weighted by molar-refractivity contribution is 9.10. The predicted octanol–water partition coefficient (Wildman–Crippen LogP) is 4.25. The van der Waals surface area contributed by atoms with Crippen molar-refractivity contribution < 1.29 is 14.6 Å². The van der Waals surface area contributed by atoms with Crippen LogP contribution in [-0.4, -0.2) is 11.1 Å². The van der Waals surface area contributed by atoms with Crippen molar-refractivity contribution in [2.75, 3.05) is 0 Å². The fourth-order valence-electron chi connectivity index (χ4n) is 1.55. The van der Waals surface area contributed by atoms with E-state index in [1.807, 2.05) is 19.1 Å². The smallest absolute Gasteiger partial charge is 0.339 e. The number of benzene rings is 2. The summed E-state index contributed by atoms with van der Waals surface area (Å²) in [5.74, 6) is -0.0573. The molecule has 0 spiro atoms. The highest BCUT2D eigenvalue weighted by Gasteiger charge is 2.12. The zero-order valence-corrected chi connectivity index (χ0v) is 11.3. The topological polar surface area (TPSA) is 46.5 Å². The molecule has 0 aliphatic carbocycles. The molecule has 2 aromatic carbocycles. The van der Waals surface area contributed by atoms with E-state index in [1.165, 1.54) is 0 Å². The van der Waals surface area contributed by atoms with Gasteiger partial charge in [0.25, 0.3) is 0 Å². The Morgan fingerprint density at radius 2 is 2.00 bits per heavy atom. The zero-order chi connectivity index (χ0) is 13.1. The first kappa shape index (κ1) is 12.6. The Kier molecular flexibility index (Phi) is 3.67. The molecule has 0 aliphatic heterocycles. The van der Waals surface area contributed by atoms with Crippen molar-refractivity contribution in [3.8, 4) is 11.5 Å². The molecule has 0 radical (unpaired) electrons. The van der Waals surface area contributed by atoms with Gasteiger partial charge < -0.3 is 9.84 Å². The van der Waals surface area contributed by atoms with Crippen molar-refractivity contribution in [2.24, 2.45) is 0 Å². The molecule has 0 atom stereocenters. The molecule has 0 aromatic heterocycles. The number of aromatic carboxylic acids is 1. The Bertz CT molecular complexity index is 593. The fraction of sp³-hybridized carbons (Fsp3) is 0.0714. The van der Waals surface area contributed by atoms with E-state index >= 15 is 0 Å². The first-order valence-electron chi connectivity index (χ1n) is 5.33. The van der Waals surface area contributed by atoms with Gasteiger partial charge in [0, 0.05) is 4.47 Å². The van der Waals surface area contributed by atoms with Gasteiger partial charge >= 0.3 is 5.97 Å². The molecule has 0 fully saturated rings. The van der Waals surface area contributed by atoms with Crippen LogP contribution in [0.1, 0.15) is 15.9 Å². The van der Waals surface area contributed by atoms with E-state index < -0.39 is 5.97 Å². The van der Waals surface area contributed by atoms with Crippen LogP contribution in [0.5, 0.6) is 11.5 Å². The van der Waals surface area contributed by atoms with Gasteiger partial charge in [0.05, 0.1) is 0 Å². The first-order valence-corrected chi connectivity index (χ1v) is 6.13. The summed E-state index contributed by atoms with van der Waals surface area (Å²) < 4.78 is 6.50. The summed E-state index contributed by atoms with van der Waals surface area (Å²) in [4.78, 5) is 11.1. The van der Waals surface area contributed by atoms with Crippen LogP contribution in [0.3, 0.4) is 0 Å². The summed E-state index contributed by atoms with van der Waals surface area (Å²) in [7, 11) is 0. The summed E-state index contributed by atoms with van der Waals surface area (Å²) in [5, 5.41) is 9.10. The number of aryl methyl sites for hydroxylation is 1. The number of rotatable bonds is 3. The quantitative estimate of drug-likeness (QED) is 0.922. The van der Waals surface area contributed by atoms with Gasteiger partial charge in [-0.3, -0.25) is 0 Å². The molecule has 18 heavy (non-hydrogen) atoms. The predicted molar refractivity (Wildman–Crippen MR) is 72.4 cm³/mol. The molecule has 0 aliphatic rings. The molecule has 3 nitrogen and oxygen atoms in total. The second-order valence-electron chi connectivity index (χ2n) is 3.86. The average Bonchev–Trinajstić information content (AvgIpc) is 2.28. The highest BCUT2D eigenvalue weighted by Crippen LogP contribution is 2.28. The van der Waals surface area contributed by atoms with E-state index in [2.05, 4.69) is 15.9 Å². The van der Waals surface area contributed by atoms with Crippen LogP contribution in [-0.2, 0) is 0 Å². The Hall–Kier alpha value is -1.81. The molecule has 2 aromatic rings. The average molecular weight is 307 g/mol. The maximum absolute atomic E-state index is 11.1. The zero-order valence-electron chi connectivity index (χ0n) is 9.68. The number of hydrogen-bond acceptors (Lipinski definition) is 2. The molecule has 0 saturated heterocycles. The van der Waals surface area contributed by atoms with Crippen molar-refractivity contribution in [3.63, 3.8) is 0 Å². The van der Waals surface area contributed by atoms with Crippen LogP contribution >= 0.6 is 15.9 Å². The summed E-state index contributed by atoms with van der Waals surface area (Å²) in [6, 6.07) is 12.3. The van der Waals surface area contributed by atoms with E-state index in [9.17, 15) is 4.79 Å². The van der Waals surface area contributed by atoms with Crippen LogP contribution in [0.25, 0.3) is 0 Å². The van der Waals surface area contributed by atoms with Gasteiger partial charge in [0.2, 0.25) is 0 Å². The maximum Gasteiger partial charge on any atom is 0.339 e. The molecule has 0 heterocycles. The Balaban J connectivity index is 2.39. The number of hydrogen-bond donors (Lipinski definition) is 1. The van der Waals surface area contributed by atoms with Crippen molar-refractivity contribution in [2.45, 2.75) is 6.92 Å². The van der Waals surface area contributed by atoms with Crippen LogP contribution in [0.4, 0.5) is 0 Å². The fourth-order valence-corrected chi connectivity index (χ4v) is 1.93. The standard InChI is InChI=1S/C14H11BrO3/c1-9-5-6-12(14(16)17)13(7-9)18-11-4-2-3-10(15)8-11/h2-8H,1H3,(H,16,17). The third kappa shape index (κ3) is 2.90. The van der Waals surface area contributed by atoms with Gasteiger partial charge in [-0.05, 0) is 42.8 Å². The largest absolute Gasteiger partial charge is 0.478 e. The van der Waals surface area contributed by atoms with Crippen LogP contribution in [0.15, 0.2) is 46.9 Å². The molecule has 0 saturated carbocycles. The third-order valence-corrected chi connectivity index (χ3v) is 2.88. The van der Waals surface area contributed by atoms with Gasteiger partial charge in [0.1, 0.15) is 17.1 Å². The number of halogens is 1. The normalized spacial score (nSPS) is 10.1. The van der Waals surface area contributed by atoms with E-state index in [4.69, 9.17) is 9.84 Å². The van der Waals surface area contributed by atoms with Crippen molar-refractivity contribution in [1.29, 1.82) is 0 Å². The minimum Gasteiger partial charge on any atom is -0.478 e. The summed E-state index contributed by atoms with van der Waals surface area (Å²) in [6.07, 6.45) is 0. The lowest BCUT2D eigenvalue weighted by Crippen LogP contribution is -2.00. The molecule has 1 N–H and O–H groups in total. The lowest BCUT2D eigenvalue weighted by Gasteiger charge is -2.09. The van der Waals surface area contributed by atoms with Gasteiger partial charge in [-0.25, -0.2) is 4.79 Å². The van der Waals surface area contributed by atoms with Crippen molar-refractivity contribution in [1.82, 2.24) is 0 Å². The van der Waals surface area contributed by atoms with E-state index in [0.29, 0.717) is 11.5 Å². The maximum atomic E-state index is 11.1. The molecule has 0 amide bonds. The highest BCUT2D eigenvalue weighted by atomic mass is 79.9. The van der Waals surface area contributed by atoms with E-state index in [1.54, 1.807) is 30.3 Å². The number of ether oxygens (including phenoxy) is 1. The molecular formula is C14H11BrO3. The third-order valence-electron chi connectivity index (χ3n) is 2.39. The van der Waals surface area contributed by atoms with Crippen LogP contribution in [0.2, 0.25) is 0 Å². The number of carboxylic acids is 1. The van der Waals surface area contributed by atoms with Gasteiger partial charge in [0.15, 0.2) is 0 Å². The second kappa shape index (κ2) is 5.23. The molecule has 0 unspecified atom stereocenters. The van der Waals surface area contributed by atoms with Gasteiger partial charge in [-0.1, -0.05) is 28.1 Å². The Labute approximate surface area is 113 Å². The van der Waals surface area contributed by atoms with Crippen LogP contribution < -0.4 is 4.74 Å². The van der Waals surface area contributed by atoms with Gasteiger partial charge in [-0.15, -0.1) is 0 Å². The van der Waals surface area contributed by atoms with E-state index in [0.717, 1.165) is 10.0 Å². The molecular weight excluding hydrogens is 296 g/mol. The van der Waals surface area contributed by atoms with E-state index in [-0.39, 0.29) is 5.56 Å². The summed E-state index contributed by atoms with van der Waals surface area (Å²) in [5.41, 5.74) is 1.10. The minimum atomic E-state index is -1.00. The minimum absolute atomic E-state index is 0.153. The molecule has 2 rings (SSSR count). The Morgan fingerprint density at radius 3 is 2.67 bits per heavy atom. The lowest BCUT2D eigenvalue weighted by atomic mass is 10.1. The first-order chi connectivity index (χ1) is 8.56. The Morgan fingerprint density at radius 1 is 1.22 bits per heavy atom. The number of carboxylic acid groups (broad SMARTS) is 1. The van der Waals surface area contributed by atoms with Crippen molar-refractivity contribution >= 4 is 21.9 Å². The van der Waals surface area contributed by atoms with Crippen LogP contribution in [0, 0.1) is 6.92 Å². The summed E-state index contributed by atoms with van der Waals surface area (Å²) >= 11 is 3.34.